The highest BCUT2D eigenvalue weighted by molar-refractivity contribution is 5.71. The molecule has 6 heteroatoms. The van der Waals surface area contributed by atoms with E-state index < -0.39 is 5.97 Å². The van der Waals surface area contributed by atoms with Crippen molar-refractivity contribution < 1.29 is 14.6 Å². The summed E-state index contributed by atoms with van der Waals surface area (Å²) in [6.45, 7) is 4.08. The Balaban J connectivity index is 1.64. The first kappa shape index (κ1) is 16.0. The fourth-order valence-electron chi connectivity index (χ4n) is 3.66. The topological polar surface area (TPSA) is 75.5 Å². The predicted octanol–water partition coefficient (Wildman–Crippen LogP) is 2.59. The number of anilines is 1. The molecule has 1 aromatic rings. The summed E-state index contributed by atoms with van der Waals surface area (Å²) in [5.74, 6) is 1.14. The minimum atomic E-state index is -0.733. The molecule has 6 nitrogen and oxygen atoms in total. The number of nitrogens with zero attached hydrogens (tertiary/aromatic N) is 3. The average molecular weight is 319 g/mol. The second kappa shape index (κ2) is 7.15. The summed E-state index contributed by atoms with van der Waals surface area (Å²) in [5, 5.41) is 9.29. The molecule has 1 aliphatic heterocycles. The Morgan fingerprint density at radius 1 is 1.35 bits per heavy atom. The van der Waals surface area contributed by atoms with Crippen LogP contribution < -0.4 is 9.64 Å². The second-order valence-corrected chi connectivity index (χ2v) is 6.96. The van der Waals surface area contributed by atoms with Gasteiger partial charge in [0, 0.05) is 13.1 Å². The zero-order valence-corrected chi connectivity index (χ0v) is 13.6. The number of rotatable bonds is 5. The van der Waals surface area contributed by atoms with E-state index in [2.05, 4.69) is 16.9 Å². The molecule has 0 aromatic carbocycles. The van der Waals surface area contributed by atoms with E-state index in [4.69, 9.17) is 4.74 Å². The highest BCUT2D eigenvalue weighted by atomic mass is 16.5. The second-order valence-electron chi connectivity index (χ2n) is 6.96. The van der Waals surface area contributed by atoms with Crippen LogP contribution >= 0.6 is 0 Å². The van der Waals surface area contributed by atoms with E-state index in [0.717, 1.165) is 13.0 Å². The first-order valence-corrected chi connectivity index (χ1v) is 8.54. The zero-order valence-electron chi connectivity index (χ0n) is 13.6. The summed E-state index contributed by atoms with van der Waals surface area (Å²) in [6, 6.07) is 0. The van der Waals surface area contributed by atoms with Crippen molar-refractivity contribution >= 4 is 11.8 Å². The van der Waals surface area contributed by atoms with E-state index in [0.29, 0.717) is 36.7 Å². The Kier molecular flexibility index (Phi) is 4.98. The molecule has 23 heavy (non-hydrogen) atoms. The fourth-order valence-corrected chi connectivity index (χ4v) is 3.66. The number of aromatic nitrogens is 2. The lowest BCUT2D eigenvalue weighted by Gasteiger charge is -2.35. The molecule has 2 unspecified atom stereocenters. The molecule has 1 aliphatic carbocycles. The maximum Gasteiger partial charge on any atom is 0.308 e. The van der Waals surface area contributed by atoms with Gasteiger partial charge in [-0.05, 0) is 31.1 Å². The third kappa shape index (κ3) is 4.12. The predicted molar refractivity (Wildman–Crippen MR) is 86.6 cm³/mol. The minimum absolute atomic E-state index is 0.328. The van der Waals surface area contributed by atoms with Crippen molar-refractivity contribution in [1.82, 2.24) is 9.97 Å². The third-order valence-electron chi connectivity index (χ3n) is 4.87. The van der Waals surface area contributed by atoms with Gasteiger partial charge in [-0.25, -0.2) is 0 Å². The van der Waals surface area contributed by atoms with Gasteiger partial charge in [0.05, 0.1) is 24.9 Å². The lowest BCUT2D eigenvalue weighted by atomic mass is 9.90. The Hall–Kier alpha value is -1.85. The van der Waals surface area contributed by atoms with Crippen molar-refractivity contribution in [2.24, 2.45) is 17.8 Å². The number of piperidine rings is 1. The number of carbonyl (C=O) groups is 1. The van der Waals surface area contributed by atoms with Crippen LogP contribution in [0.1, 0.15) is 39.0 Å². The Bertz CT molecular complexity index is 546. The third-order valence-corrected chi connectivity index (χ3v) is 4.87. The maximum absolute atomic E-state index is 11.3. The SMILES string of the molecule is CC1CC(C(=O)O)CN(c2cncc(OCC3CCCC3)n2)C1. The van der Waals surface area contributed by atoms with Gasteiger partial charge in [-0.3, -0.25) is 9.78 Å². The first-order valence-electron chi connectivity index (χ1n) is 8.54. The molecule has 2 aliphatic rings. The van der Waals surface area contributed by atoms with Crippen LogP contribution in [0.2, 0.25) is 0 Å². The standard InChI is InChI=1S/C17H25N3O3/c1-12-6-14(17(21)22)10-20(9-12)15-7-18-8-16(19-15)23-11-13-4-2-3-5-13/h7-8,12-14H,2-6,9-11H2,1H3,(H,21,22). The highest BCUT2D eigenvalue weighted by Crippen LogP contribution is 2.27. The molecule has 2 atom stereocenters. The Morgan fingerprint density at radius 2 is 2.13 bits per heavy atom. The number of carboxylic acids is 1. The molecular weight excluding hydrogens is 294 g/mol. The van der Waals surface area contributed by atoms with E-state index in [1.165, 1.54) is 25.7 Å². The number of ether oxygens (including phenoxy) is 1. The smallest absolute Gasteiger partial charge is 0.308 e. The average Bonchev–Trinajstić information content (AvgIpc) is 3.06. The lowest BCUT2D eigenvalue weighted by molar-refractivity contribution is -0.142. The van der Waals surface area contributed by atoms with E-state index >= 15 is 0 Å². The van der Waals surface area contributed by atoms with Crippen LogP contribution in [0, 0.1) is 17.8 Å². The summed E-state index contributed by atoms with van der Waals surface area (Å²) in [5.41, 5.74) is 0. The summed E-state index contributed by atoms with van der Waals surface area (Å²) >= 11 is 0. The zero-order chi connectivity index (χ0) is 16.2. The van der Waals surface area contributed by atoms with E-state index in [-0.39, 0.29) is 5.92 Å². The molecule has 0 radical (unpaired) electrons. The maximum atomic E-state index is 11.3. The molecule has 0 amide bonds. The van der Waals surface area contributed by atoms with Crippen LogP contribution in [-0.4, -0.2) is 40.7 Å². The number of hydrogen-bond acceptors (Lipinski definition) is 5. The van der Waals surface area contributed by atoms with Crippen LogP contribution in [0.4, 0.5) is 5.82 Å². The van der Waals surface area contributed by atoms with E-state index in [9.17, 15) is 9.90 Å². The van der Waals surface area contributed by atoms with Crippen LogP contribution in [0.25, 0.3) is 0 Å². The monoisotopic (exact) mass is 319 g/mol. The molecule has 126 valence electrons. The molecule has 0 bridgehead atoms. The summed E-state index contributed by atoms with van der Waals surface area (Å²) in [6.07, 6.45) is 9.11. The Morgan fingerprint density at radius 3 is 2.87 bits per heavy atom. The quantitative estimate of drug-likeness (QED) is 0.899. The molecule has 1 N–H and O–H groups in total. The van der Waals surface area contributed by atoms with Crippen molar-refractivity contribution in [2.45, 2.75) is 39.0 Å². The Labute approximate surface area is 136 Å². The molecule has 1 saturated carbocycles. The molecular formula is C17H25N3O3. The van der Waals surface area contributed by atoms with Gasteiger partial charge in [0.25, 0.3) is 0 Å². The molecule has 1 aromatic heterocycles. The van der Waals surface area contributed by atoms with E-state index in [1.807, 2.05) is 4.90 Å². The van der Waals surface area contributed by atoms with Crippen molar-refractivity contribution in [1.29, 1.82) is 0 Å². The summed E-state index contributed by atoms with van der Waals surface area (Å²) < 4.78 is 5.81. The van der Waals surface area contributed by atoms with Gasteiger partial charge in [0.2, 0.25) is 5.88 Å². The van der Waals surface area contributed by atoms with Gasteiger partial charge in [-0.1, -0.05) is 19.8 Å². The van der Waals surface area contributed by atoms with Gasteiger partial charge in [-0.2, -0.15) is 4.98 Å². The van der Waals surface area contributed by atoms with Crippen molar-refractivity contribution in [2.75, 3.05) is 24.6 Å². The van der Waals surface area contributed by atoms with Gasteiger partial charge >= 0.3 is 5.97 Å². The fraction of sp³-hybridized carbons (Fsp3) is 0.706. The largest absolute Gasteiger partial charge is 0.481 e. The van der Waals surface area contributed by atoms with Crippen molar-refractivity contribution in [3.05, 3.63) is 12.4 Å². The lowest BCUT2D eigenvalue weighted by Crippen LogP contribution is -2.43. The molecule has 1 saturated heterocycles. The van der Waals surface area contributed by atoms with Crippen LogP contribution in [-0.2, 0) is 4.79 Å². The van der Waals surface area contributed by atoms with Crippen LogP contribution in [0.15, 0.2) is 12.4 Å². The van der Waals surface area contributed by atoms with Gasteiger partial charge in [0.1, 0.15) is 0 Å². The number of carboxylic acid groups (broad SMARTS) is 1. The molecule has 2 fully saturated rings. The summed E-state index contributed by atoms with van der Waals surface area (Å²) in [7, 11) is 0. The molecule has 2 heterocycles. The van der Waals surface area contributed by atoms with Gasteiger partial charge in [0.15, 0.2) is 5.82 Å². The molecule has 0 spiro atoms. The van der Waals surface area contributed by atoms with Crippen molar-refractivity contribution in [3.63, 3.8) is 0 Å². The highest BCUT2D eigenvalue weighted by Gasteiger charge is 2.30. The van der Waals surface area contributed by atoms with Crippen molar-refractivity contribution in [3.8, 4) is 5.88 Å². The van der Waals surface area contributed by atoms with Gasteiger partial charge < -0.3 is 14.7 Å². The van der Waals surface area contributed by atoms with Crippen LogP contribution in [0.3, 0.4) is 0 Å². The van der Waals surface area contributed by atoms with Crippen LogP contribution in [0.5, 0.6) is 5.88 Å². The number of hydrogen-bond donors (Lipinski definition) is 1. The van der Waals surface area contributed by atoms with Gasteiger partial charge in [-0.15, -0.1) is 0 Å². The molecule has 3 rings (SSSR count). The first-order chi connectivity index (χ1) is 11.1. The van der Waals surface area contributed by atoms with E-state index in [1.54, 1.807) is 12.4 Å². The number of aliphatic carboxylic acids is 1. The summed E-state index contributed by atoms with van der Waals surface area (Å²) in [4.78, 5) is 22.1. The minimum Gasteiger partial charge on any atom is -0.481 e. The normalized spacial score (nSPS) is 25.5.